The molecular formula is C23H28N4O4. The second-order valence-corrected chi connectivity index (χ2v) is 7.86. The van der Waals surface area contributed by atoms with E-state index in [1.165, 1.54) is 0 Å². The third-order valence-electron chi connectivity index (χ3n) is 5.74. The van der Waals surface area contributed by atoms with Crippen LogP contribution in [0.4, 0.5) is 11.5 Å². The van der Waals surface area contributed by atoms with E-state index < -0.39 is 0 Å². The summed E-state index contributed by atoms with van der Waals surface area (Å²) in [5, 5.41) is 5.99. The van der Waals surface area contributed by atoms with E-state index in [1.807, 2.05) is 24.3 Å². The Hall–Kier alpha value is -3.13. The van der Waals surface area contributed by atoms with Gasteiger partial charge in [0.15, 0.2) is 0 Å². The first-order valence-corrected chi connectivity index (χ1v) is 10.7. The molecule has 0 atom stereocenters. The molecular weight excluding hydrogens is 396 g/mol. The number of ether oxygens (including phenoxy) is 2. The number of amides is 2. The van der Waals surface area contributed by atoms with Crippen molar-refractivity contribution in [3.8, 4) is 5.75 Å². The zero-order chi connectivity index (χ0) is 21.6. The van der Waals surface area contributed by atoms with Crippen molar-refractivity contribution in [2.24, 2.45) is 5.92 Å². The van der Waals surface area contributed by atoms with E-state index in [2.05, 4.69) is 15.6 Å². The molecule has 2 aliphatic heterocycles. The number of aromatic nitrogens is 1. The second-order valence-electron chi connectivity index (χ2n) is 7.86. The summed E-state index contributed by atoms with van der Waals surface area (Å²) in [6.07, 6.45) is 4.11. The van der Waals surface area contributed by atoms with E-state index >= 15 is 0 Å². The van der Waals surface area contributed by atoms with E-state index in [4.69, 9.17) is 9.47 Å². The predicted molar refractivity (Wildman–Crippen MR) is 118 cm³/mol. The van der Waals surface area contributed by atoms with Crippen LogP contribution in [-0.4, -0.2) is 56.8 Å². The van der Waals surface area contributed by atoms with Crippen LogP contribution in [0.2, 0.25) is 0 Å². The van der Waals surface area contributed by atoms with Crippen molar-refractivity contribution in [1.29, 1.82) is 0 Å². The van der Waals surface area contributed by atoms with Gasteiger partial charge in [-0.05, 0) is 48.9 Å². The van der Waals surface area contributed by atoms with Gasteiger partial charge in [-0.1, -0.05) is 12.1 Å². The smallest absolute Gasteiger partial charge is 0.252 e. The first-order chi connectivity index (χ1) is 15.1. The zero-order valence-electron chi connectivity index (χ0n) is 17.7. The van der Waals surface area contributed by atoms with Crippen molar-refractivity contribution in [1.82, 2.24) is 10.3 Å². The molecule has 2 amide bonds. The number of hydrogen-bond donors (Lipinski definition) is 2. The fourth-order valence-corrected chi connectivity index (χ4v) is 3.95. The van der Waals surface area contributed by atoms with Gasteiger partial charge in [0, 0.05) is 32.5 Å². The van der Waals surface area contributed by atoms with E-state index in [0.29, 0.717) is 42.5 Å². The largest absolute Gasteiger partial charge is 0.497 e. The number of pyridine rings is 1. The van der Waals surface area contributed by atoms with Gasteiger partial charge in [0.2, 0.25) is 5.91 Å². The Bertz CT molecular complexity index is 943. The van der Waals surface area contributed by atoms with E-state index in [1.54, 1.807) is 24.3 Å². The van der Waals surface area contributed by atoms with Crippen LogP contribution in [0, 0.1) is 5.92 Å². The Kier molecular flexibility index (Phi) is 6.66. The van der Waals surface area contributed by atoms with Crippen molar-refractivity contribution in [3.63, 3.8) is 0 Å². The molecule has 1 fully saturated rings. The summed E-state index contributed by atoms with van der Waals surface area (Å²) in [6, 6.07) is 9.54. The molecule has 0 radical (unpaired) electrons. The molecule has 0 unspecified atom stereocenters. The van der Waals surface area contributed by atoms with Crippen LogP contribution in [-0.2, 0) is 16.0 Å². The molecule has 0 saturated carbocycles. The molecule has 164 valence electrons. The van der Waals surface area contributed by atoms with Crippen molar-refractivity contribution < 1.29 is 19.1 Å². The topological polar surface area (TPSA) is 92.8 Å². The zero-order valence-corrected chi connectivity index (χ0v) is 17.7. The summed E-state index contributed by atoms with van der Waals surface area (Å²) >= 11 is 0. The summed E-state index contributed by atoms with van der Waals surface area (Å²) in [4.78, 5) is 31.5. The normalized spacial score (nSPS) is 16.4. The molecule has 1 saturated heterocycles. The highest BCUT2D eigenvalue weighted by atomic mass is 16.5. The molecule has 31 heavy (non-hydrogen) atoms. The van der Waals surface area contributed by atoms with Gasteiger partial charge in [-0.15, -0.1) is 0 Å². The highest BCUT2D eigenvalue weighted by Gasteiger charge is 2.29. The summed E-state index contributed by atoms with van der Waals surface area (Å²) < 4.78 is 10.7. The van der Waals surface area contributed by atoms with Gasteiger partial charge in [0.05, 0.1) is 24.9 Å². The highest BCUT2D eigenvalue weighted by molar-refractivity contribution is 6.04. The number of hydrogen-bond acceptors (Lipinski definition) is 6. The summed E-state index contributed by atoms with van der Waals surface area (Å²) in [6.45, 7) is 2.79. The Morgan fingerprint density at radius 2 is 2.16 bits per heavy atom. The molecule has 8 heteroatoms. The van der Waals surface area contributed by atoms with Gasteiger partial charge < -0.3 is 25.0 Å². The Balaban J connectivity index is 1.42. The number of methoxy groups -OCH3 is 1. The van der Waals surface area contributed by atoms with Gasteiger partial charge in [0.25, 0.3) is 5.91 Å². The Labute approximate surface area is 181 Å². The van der Waals surface area contributed by atoms with Crippen molar-refractivity contribution in [2.75, 3.05) is 50.2 Å². The first kappa shape index (κ1) is 21.1. The van der Waals surface area contributed by atoms with Crippen LogP contribution in [0.5, 0.6) is 5.75 Å². The van der Waals surface area contributed by atoms with Crippen LogP contribution < -0.4 is 20.3 Å². The molecule has 4 rings (SSSR count). The van der Waals surface area contributed by atoms with Crippen molar-refractivity contribution in [3.05, 3.63) is 47.7 Å². The molecule has 0 bridgehead atoms. The number of anilines is 2. The Morgan fingerprint density at radius 3 is 2.97 bits per heavy atom. The number of nitrogens with zero attached hydrogens (tertiary/aromatic N) is 2. The average Bonchev–Trinajstić information content (AvgIpc) is 2.81. The number of rotatable bonds is 7. The molecule has 1 aromatic carbocycles. The van der Waals surface area contributed by atoms with Gasteiger partial charge in [0.1, 0.15) is 11.6 Å². The minimum Gasteiger partial charge on any atom is -0.497 e. The van der Waals surface area contributed by atoms with E-state index in [-0.39, 0.29) is 18.4 Å². The maximum Gasteiger partial charge on any atom is 0.252 e. The molecule has 3 heterocycles. The minimum absolute atomic E-state index is 0.00336. The third kappa shape index (κ3) is 5.14. The highest BCUT2D eigenvalue weighted by Crippen LogP contribution is 2.30. The summed E-state index contributed by atoms with van der Waals surface area (Å²) in [5.74, 6) is 1.62. The van der Waals surface area contributed by atoms with Gasteiger partial charge in [-0.3, -0.25) is 9.59 Å². The third-order valence-corrected chi connectivity index (χ3v) is 5.74. The monoisotopic (exact) mass is 424 g/mol. The van der Waals surface area contributed by atoms with Crippen LogP contribution in [0.15, 0.2) is 36.5 Å². The molecule has 0 spiro atoms. The van der Waals surface area contributed by atoms with Crippen molar-refractivity contribution in [2.45, 2.75) is 19.3 Å². The minimum atomic E-state index is -0.206. The van der Waals surface area contributed by atoms with Gasteiger partial charge >= 0.3 is 0 Å². The lowest BCUT2D eigenvalue weighted by molar-refractivity contribution is -0.117. The number of benzene rings is 1. The fraction of sp³-hybridized carbons (Fsp3) is 0.435. The maximum absolute atomic E-state index is 12.7. The maximum atomic E-state index is 12.7. The average molecular weight is 425 g/mol. The quantitative estimate of drug-likeness (QED) is 0.708. The molecule has 0 aliphatic carbocycles. The lowest BCUT2D eigenvalue weighted by atomic mass is 9.99. The number of fused-ring (bicyclic) bond motifs is 1. The lowest BCUT2D eigenvalue weighted by Gasteiger charge is -2.33. The lowest BCUT2D eigenvalue weighted by Crippen LogP contribution is -2.44. The summed E-state index contributed by atoms with van der Waals surface area (Å²) in [7, 11) is 1.63. The van der Waals surface area contributed by atoms with E-state index in [0.717, 1.165) is 37.4 Å². The van der Waals surface area contributed by atoms with Crippen LogP contribution in [0.25, 0.3) is 0 Å². The predicted octanol–water partition coefficient (Wildman–Crippen LogP) is 2.25. The molecule has 1 aromatic heterocycles. The summed E-state index contributed by atoms with van der Waals surface area (Å²) in [5.41, 5.74) is 2.20. The molecule has 2 aromatic rings. The number of carbonyl (C=O) groups is 2. The van der Waals surface area contributed by atoms with E-state index in [9.17, 15) is 9.59 Å². The SMILES string of the molecule is COc1cccc(CCNC(=O)c2cnc3c(c2)N(CC2CCOCC2)C(=O)CN3)c1. The van der Waals surface area contributed by atoms with Crippen molar-refractivity contribution >= 4 is 23.3 Å². The first-order valence-electron chi connectivity index (χ1n) is 10.7. The Morgan fingerprint density at radius 1 is 1.32 bits per heavy atom. The van der Waals surface area contributed by atoms with Crippen LogP contribution in [0.1, 0.15) is 28.8 Å². The van der Waals surface area contributed by atoms with Crippen LogP contribution >= 0.6 is 0 Å². The number of nitrogens with one attached hydrogen (secondary N) is 2. The molecule has 2 N–H and O–H groups in total. The second kappa shape index (κ2) is 9.78. The molecule has 8 nitrogen and oxygen atoms in total. The standard InChI is InChI=1S/C23H28N4O4/c1-30-19-4-2-3-16(11-19)5-8-24-23(29)18-12-20-22(25-13-18)26-14-21(28)27(20)15-17-6-9-31-10-7-17/h2-4,11-13,17H,5-10,14-15H2,1H3,(H,24,29)(H,25,26). The van der Waals surface area contributed by atoms with Crippen LogP contribution in [0.3, 0.4) is 0 Å². The van der Waals surface area contributed by atoms with Gasteiger partial charge in [-0.25, -0.2) is 4.98 Å². The van der Waals surface area contributed by atoms with Gasteiger partial charge in [-0.2, -0.15) is 0 Å². The number of carbonyl (C=O) groups excluding carboxylic acids is 2. The fourth-order valence-electron chi connectivity index (χ4n) is 3.95. The molecule has 2 aliphatic rings.